The van der Waals surface area contributed by atoms with E-state index < -0.39 is 0 Å². The summed E-state index contributed by atoms with van der Waals surface area (Å²) >= 11 is 0. The van der Waals surface area contributed by atoms with Crippen molar-refractivity contribution in [2.24, 2.45) is 5.73 Å². The summed E-state index contributed by atoms with van der Waals surface area (Å²) in [6, 6.07) is 7.93. The summed E-state index contributed by atoms with van der Waals surface area (Å²) in [5.74, 6) is 1.89. The van der Waals surface area contributed by atoms with Crippen molar-refractivity contribution < 1.29 is 9.15 Å². The molecule has 18 heavy (non-hydrogen) atoms. The molecule has 0 radical (unpaired) electrons. The van der Waals surface area contributed by atoms with E-state index in [4.69, 9.17) is 14.9 Å². The van der Waals surface area contributed by atoms with Crippen molar-refractivity contribution in [3.63, 3.8) is 0 Å². The van der Waals surface area contributed by atoms with Gasteiger partial charge in [0.2, 0.25) is 5.89 Å². The Morgan fingerprint density at radius 3 is 2.78 bits per heavy atom. The molecule has 0 spiro atoms. The van der Waals surface area contributed by atoms with Crippen LogP contribution in [-0.4, -0.2) is 16.7 Å². The van der Waals surface area contributed by atoms with Crippen LogP contribution in [-0.2, 0) is 19.4 Å². The molecule has 0 fully saturated rings. The summed E-state index contributed by atoms with van der Waals surface area (Å²) in [4.78, 5) is 0. The summed E-state index contributed by atoms with van der Waals surface area (Å²) in [6.07, 6.45) is 1.52. The summed E-state index contributed by atoms with van der Waals surface area (Å²) < 4.78 is 11.1. The van der Waals surface area contributed by atoms with Crippen LogP contribution >= 0.6 is 0 Å². The largest absolute Gasteiger partial charge is 0.484 e. The number of nitrogens with two attached hydrogens (primary N) is 1. The molecule has 0 saturated carbocycles. The predicted molar refractivity (Wildman–Crippen MR) is 67.2 cm³/mol. The predicted octanol–water partition coefficient (Wildman–Crippen LogP) is 1.71. The summed E-state index contributed by atoms with van der Waals surface area (Å²) in [5, 5.41) is 7.79. The number of hydrogen-bond acceptors (Lipinski definition) is 5. The Hall–Kier alpha value is -1.88. The van der Waals surface area contributed by atoms with Crippen LogP contribution in [0.4, 0.5) is 0 Å². The lowest BCUT2D eigenvalue weighted by Crippen LogP contribution is -2.02. The van der Waals surface area contributed by atoms with Gasteiger partial charge >= 0.3 is 0 Å². The molecule has 1 aromatic heterocycles. The van der Waals surface area contributed by atoms with Crippen LogP contribution in [0.15, 0.2) is 28.7 Å². The number of rotatable bonds is 6. The van der Waals surface area contributed by atoms with Gasteiger partial charge in [0, 0.05) is 13.0 Å². The Morgan fingerprint density at radius 1 is 1.22 bits per heavy atom. The minimum atomic E-state index is 0.286. The Morgan fingerprint density at radius 2 is 2.00 bits per heavy atom. The molecule has 0 aliphatic rings. The summed E-state index contributed by atoms with van der Waals surface area (Å²) in [7, 11) is 0. The lowest BCUT2D eigenvalue weighted by molar-refractivity contribution is 0.257. The number of ether oxygens (including phenoxy) is 1. The highest BCUT2D eigenvalue weighted by Crippen LogP contribution is 2.19. The highest BCUT2D eigenvalue weighted by Gasteiger charge is 2.07. The van der Waals surface area contributed by atoms with Crippen molar-refractivity contribution in [1.29, 1.82) is 0 Å². The maximum Gasteiger partial charge on any atom is 0.253 e. The molecule has 5 heteroatoms. The molecule has 0 atom stereocenters. The number of hydrogen-bond donors (Lipinski definition) is 1. The Labute approximate surface area is 106 Å². The van der Waals surface area contributed by atoms with Gasteiger partial charge in [0.25, 0.3) is 5.89 Å². The highest BCUT2D eigenvalue weighted by atomic mass is 16.5. The van der Waals surface area contributed by atoms with Crippen LogP contribution in [0, 0.1) is 0 Å². The molecule has 0 saturated heterocycles. The number of benzene rings is 1. The molecule has 0 aliphatic heterocycles. The molecule has 1 heterocycles. The zero-order valence-corrected chi connectivity index (χ0v) is 10.4. The zero-order chi connectivity index (χ0) is 12.8. The van der Waals surface area contributed by atoms with E-state index in [-0.39, 0.29) is 6.61 Å². The third-order valence-corrected chi connectivity index (χ3v) is 2.57. The van der Waals surface area contributed by atoms with Crippen molar-refractivity contribution in [3.05, 3.63) is 41.6 Å². The number of aromatic nitrogens is 2. The van der Waals surface area contributed by atoms with Crippen molar-refractivity contribution in [1.82, 2.24) is 10.2 Å². The molecule has 2 aromatic rings. The maximum atomic E-state index is 5.68. The molecule has 2 rings (SSSR count). The van der Waals surface area contributed by atoms with E-state index in [1.54, 1.807) is 0 Å². The molecule has 1 aromatic carbocycles. The van der Waals surface area contributed by atoms with Crippen LogP contribution in [0.2, 0.25) is 0 Å². The van der Waals surface area contributed by atoms with Gasteiger partial charge in [-0.25, -0.2) is 0 Å². The second-order valence-corrected chi connectivity index (χ2v) is 3.88. The quantitative estimate of drug-likeness (QED) is 0.841. The molecule has 0 aliphatic carbocycles. The second kappa shape index (κ2) is 6.16. The molecule has 96 valence electrons. The summed E-state index contributed by atoms with van der Waals surface area (Å²) in [6.45, 7) is 2.88. The lowest BCUT2D eigenvalue weighted by Gasteiger charge is -2.07. The molecule has 0 amide bonds. The molecule has 2 N–H and O–H groups in total. The zero-order valence-electron chi connectivity index (χ0n) is 10.4. The van der Waals surface area contributed by atoms with Gasteiger partial charge in [-0.2, -0.15) is 0 Å². The van der Waals surface area contributed by atoms with E-state index >= 15 is 0 Å². The topological polar surface area (TPSA) is 74.2 Å². The fraction of sp³-hybridized carbons (Fsp3) is 0.385. The third-order valence-electron chi connectivity index (χ3n) is 2.57. The van der Waals surface area contributed by atoms with Gasteiger partial charge in [-0.3, -0.25) is 0 Å². The van der Waals surface area contributed by atoms with Crippen LogP contribution in [0.1, 0.15) is 24.3 Å². The van der Waals surface area contributed by atoms with Crippen molar-refractivity contribution in [2.75, 3.05) is 6.54 Å². The van der Waals surface area contributed by atoms with Gasteiger partial charge in [0.1, 0.15) is 5.75 Å². The molecule has 5 nitrogen and oxygen atoms in total. The molecular formula is C13H17N3O2. The fourth-order valence-electron chi connectivity index (χ4n) is 1.65. The van der Waals surface area contributed by atoms with Gasteiger partial charge in [-0.15, -0.1) is 10.2 Å². The van der Waals surface area contributed by atoms with E-state index in [1.807, 2.05) is 24.3 Å². The van der Waals surface area contributed by atoms with Crippen molar-refractivity contribution >= 4 is 0 Å². The molecular weight excluding hydrogens is 230 g/mol. The van der Waals surface area contributed by atoms with Crippen molar-refractivity contribution in [2.45, 2.75) is 26.4 Å². The molecule has 0 bridgehead atoms. The Kier molecular flexibility index (Phi) is 4.30. The lowest BCUT2D eigenvalue weighted by atomic mass is 10.1. The van der Waals surface area contributed by atoms with Gasteiger partial charge in [-0.05, 0) is 18.1 Å². The highest BCUT2D eigenvalue weighted by molar-refractivity contribution is 5.33. The van der Waals surface area contributed by atoms with Gasteiger partial charge in [-0.1, -0.05) is 25.1 Å². The van der Waals surface area contributed by atoms with E-state index in [0.717, 1.165) is 12.2 Å². The van der Waals surface area contributed by atoms with Gasteiger partial charge in [0.15, 0.2) is 6.61 Å². The summed E-state index contributed by atoms with van der Waals surface area (Å²) in [5.41, 5.74) is 6.58. The monoisotopic (exact) mass is 247 g/mol. The Balaban J connectivity index is 1.97. The normalized spacial score (nSPS) is 10.6. The maximum absolute atomic E-state index is 5.68. The first-order valence-corrected chi connectivity index (χ1v) is 6.05. The second-order valence-electron chi connectivity index (χ2n) is 3.88. The van der Waals surface area contributed by atoms with Crippen LogP contribution in [0.25, 0.3) is 0 Å². The van der Waals surface area contributed by atoms with Crippen LogP contribution in [0.3, 0.4) is 0 Å². The number of nitrogens with zero attached hydrogens (tertiary/aromatic N) is 2. The van der Waals surface area contributed by atoms with Crippen molar-refractivity contribution in [3.8, 4) is 5.75 Å². The SMILES string of the molecule is CCc1ccccc1OCc1nnc(CCN)o1. The first-order valence-electron chi connectivity index (χ1n) is 6.05. The average Bonchev–Trinajstić information content (AvgIpc) is 2.85. The van der Waals surface area contributed by atoms with Crippen LogP contribution < -0.4 is 10.5 Å². The van der Waals surface area contributed by atoms with E-state index in [9.17, 15) is 0 Å². The van der Waals surface area contributed by atoms with E-state index in [1.165, 1.54) is 5.56 Å². The van der Waals surface area contributed by atoms with E-state index in [0.29, 0.717) is 24.7 Å². The first-order chi connectivity index (χ1) is 8.83. The minimum Gasteiger partial charge on any atom is -0.484 e. The minimum absolute atomic E-state index is 0.286. The first kappa shape index (κ1) is 12.6. The average molecular weight is 247 g/mol. The smallest absolute Gasteiger partial charge is 0.253 e. The van der Waals surface area contributed by atoms with E-state index in [2.05, 4.69) is 17.1 Å². The third kappa shape index (κ3) is 3.07. The van der Waals surface area contributed by atoms with Crippen LogP contribution in [0.5, 0.6) is 5.75 Å². The van der Waals surface area contributed by atoms with Gasteiger partial charge in [0.05, 0.1) is 0 Å². The van der Waals surface area contributed by atoms with Gasteiger partial charge < -0.3 is 14.9 Å². The number of para-hydroxylation sites is 1. The standard InChI is InChI=1S/C13H17N3O2/c1-2-10-5-3-4-6-11(10)17-9-13-16-15-12(18-13)7-8-14/h3-6H,2,7-9,14H2,1H3. The molecule has 0 unspecified atom stereocenters. The Bertz CT molecular complexity index is 496. The fourth-order valence-corrected chi connectivity index (χ4v) is 1.65. The number of aryl methyl sites for hydroxylation is 1.